The lowest BCUT2D eigenvalue weighted by atomic mass is 10.0. The van der Waals surface area contributed by atoms with Crippen molar-refractivity contribution in [1.29, 1.82) is 0 Å². The number of anilines is 2. The van der Waals surface area contributed by atoms with Crippen LogP contribution in [-0.2, 0) is 19.8 Å². The highest BCUT2D eigenvalue weighted by molar-refractivity contribution is 7.88. The third-order valence-corrected chi connectivity index (χ3v) is 6.01. The lowest BCUT2D eigenvalue weighted by Crippen LogP contribution is -2.28. The Morgan fingerprint density at radius 3 is 2.71 bits per heavy atom. The molecule has 150 valence electrons. The Bertz CT molecular complexity index is 1000. The second-order valence-electron chi connectivity index (χ2n) is 6.72. The van der Waals surface area contributed by atoms with Crippen LogP contribution >= 0.6 is 11.6 Å². The molecule has 28 heavy (non-hydrogen) atoms. The van der Waals surface area contributed by atoms with Gasteiger partial charge in [-0.05, 0) is 50.5 Å². The van der Waals surface area contributed by atoms with Gasteiger partial charge in [-0.1, -0.05) is 11.6 Å². The summed E-state index contributed by atoms with van der Waals surface area (Å²) < 4.78 is 29.0. The monoisotopic (exact) mass is 424 g/mol. The number of benzene rings is 1. The summed E-state index contributed by atoms with van der Waals surface area (Å²) in [5, 5.41) is 3.17. The fourth-order valence-electron chi connectivity index (χ4n) is 3.32. The summed E-state index contributed by atoms with van der Waals surface area (Å²) in [7, 11) is -3.68. The van der Waals surface area contributed by atoms with Crippen LogP contribution in [-0.4, -0.2) is 32.5 Å². The minimum atomic E-state index is -3.68. The molecule has 8 nitrogen and oxygen atoms in total. The molecule has 0 atom stereocenters. The van der Waals surface area contributed by atoms with Gasteiger partial charge in [0.1, 0.15) is 0 Å². The van der Waals surface area contributed by atoms with Crippen molar-refractivity contribution in [1.82, 2.24) is 4.72 Å². The van der Waals surface area contributed by atoms with E-state index < -0.39 is 10.2 Å². The van der Waals surface area contributed by atoms with Crippen molar-refractivity contribution in [3.8, 4) is 0 Å². The van der Waals surface area contributed by atoms with Gasteiger partial charge in [-0.25, -0.2) is 0 Å². The average molecular weight is 425 g/mol. The maximum absolute atomic E-state index is 12.3. The molecule has 2 aliphatic heterocycles. The van der Waals surface area contributed by atoms with Crippen LogP contribution in [0.1, 0.15) is 39.5 Å². The smallest absolute Gasteiger partial charge is 0.326 e. The topological polar surface area (TPSA) is 108 Å². The van der Waals surface area contributed by atoms with Crippen LogP contribution in [0, 0.1) is 0 Å². The van der Waals surface area contributed by atoms with Crippen molar-refractivity contribution < 1.29 is 18.0 Å². The van der Waals surface area contributed by atoms with E-state index in [1.54, 1.807) is 36.9 Å². The predicted molar refractivity (Wildman–Crippen MR) is 109 cm³/mol. The average Bonchev–Trinajstić information content (AvgIpc) is 2.99. The van der Waals surface area contributed by atoms with E-state index in [-0.39, 0.29) is 18.2 Å². The van der Waals surface area contributed by atoms with E-state index in [0.717, 1.165) is 6.42 Å². The fourth-order valence-corrected chi connectivity index (χ4v) is 4.63. The van der Waals surface area contributed by atoms with Gasteiger partial charge >= 0.3 is 10.2 Å². The first-order valence-corrected chi connectivity index (χ1v) is 10.7. The van der Waals surface area contributed by atoms with Crippen LogP contribution in [0.25, 0.3) is 0 Å². The number of nitrogens with zero attached hydrogens (tertiary/aromatic N) is 2. The van der Waals surface area contributed by atoms with E-state index in [0.29, 0.717) is 52.8 Å². The standard InChI is InChI=1S/C18H21ClN4O4S/c1-11-14(12(2)22-28(26,27)21-11)6-8-17(24)20-13-5-7-16(15(19)10-13)23-9-3-4-18(23)25/h5,7,10,21H,3-4,6,8-9H2,1-2H3,(H,20,24). The third kappa shape index (κ3) is 4.53. The first-order chi connectivity index (χ1) is 13.2. The van der Waals surface area contributed by atoms with Crippen LogP contribution in [0.3, 0.4) is 0 Å². The van der Waals surface area contributed by atoms with Crippen molar-refractivity contribution in [3.63, 3.8) is 0 Å². The van der Waals surface area contributed by atoms with Gasteiger partial charge in [-0.3, -0.25) is 14.3 Å². The van der Waals surface area contributed by atoms with E-state index in [9.17, 15) is 18.0 Å². The zero-order chi connectivity index (χ0) is 20.5. The van der Waals surface area contributed by atoms with Crippen LogP contribution in [0.15, 0.2) is 33.9 Å². The van der Waals surface area contributed by atoms with E-state index in [4.69, 9.17) is 11.6 Å². The van der Waals surface area contributed by atoms with Crippen LogP contribution in [0.5, 0.6) is 0 Å². The van der Waals surface area contributed by atoms with Gasteiger partial charge < -0.3 is 10.2 Å². The molecule has 2 aliphatic rings. The van der Waals surface area contributed by atoms with Crippen molar-refractivity contribution in [2.24, 2.45) is 4.40 Å². The highest BCUT2D eigenvalue weighted by Gasteiger charge is 2.24. The second kappa shape index (κ2) is 7.92. The highest BCUT2D eigenvalue weighted by Crippen LogP contribution is 2.31. The summed E-state index contributed by atoms with van der Waals surface area (Å²) in [5.74, 6) is -0.190. The van der Waals surface area contributed by atoms with Gasteiger partial charge in [-0.2, -0.15) is 8.42 Å². The molecule has 0 aromatic heterocycles. The molecular formula is C18H21ClN4O4S. The van der Waals surface area contributed by atoms with Crippen molar-refractivity contribution >= 4 is 50.7 Å². The molecule has 10 heteroatoms. The number of carbonyl (C=O) groups is 2. The minimum Gasteiger partial charge on any atom is -0.326 e. The zero-order valence-corrected chi connectivity index (χ0v) is 17.2. The first kappa shape index (κ1) is 20.3. The summed E-state index contributed by atoms with van der Waals surface area (Å²) >= 11 is 6.29. The lowest BCUT2D eigenvalue weighted by molar-refractivity contribution is -0.117. The van der Waals surface area contributed by atoms with E-state index >= 15 is 0 Å². The molecule has 0 saturated carbocycles. The summed E-state index contributed by atoms with van der Waals surface area (Å²) in [6, 6.07) is 5.05. The molecule has 3 rings (SSSR count). The molecule has 2 N–H and O–H groups in total. The normalized spacial score (nSPS) is 18.8. The first-order valence-electron chi connectivity index (χ1n) is 8.85. The Kier molecular flexibility index (Phi) is 5.76. The number of carbonyl (C=O) groups excluding carboxylic acids is 2. The van der Waals surface area contributed by atoms with Crippen LogP contribution < -0.4 is 14.9 Å². The van der Waals surface area contributed by atoms with Crippen molar-refractivity contribution in [2.45, 2.75) is 39.5 Å². The van der Waals surface area contributed by atoms with Crippen molar-refractivity contribution in [2.75, 3.05) is 16.8 Å². The molecule has 0 spiro atoms. The molecule has 2 heterocycles. The summed E-state index contributed by atoms with van der Waals surface area (Å²) in [6.45, 7) is 3.89. The van der Waals surface area contributed by atoms with Gasteiger partial charge in [0.05, 0.1) is 16.4 Å². The number of allylic oxidation sites excluding steroid dienone is 2. The Hall–Kier alpha value is -2.39. The maximum atomic E-state index is 12.3. The Morgan fingerprint density at radius 1 is 1.36 bits per heavy atom. The molecule has 0 aliphatic carbocycles. The molecule has 0 bridgehead atoms. The van der Waals surface area contributed by atoms with Crippen LogP contribution in [0.2, 0.25) is 5.02 Å². The Labute approximate surface area is 168 Å². The molecular weight excluding hydrogens is 404 g/mol. The Balaban J connectivity index is 1.62. The van der Waals surface area contributed by atoms with E-state index in [1.165, 1.54) is 0 Å². The van der Waals surface area contributed by atoms with E-state index in [1.807, 2.05) is 0 Å². The molecule has 1 saturated heterocycles. The van der Waals surface area contributed by atoms with Gasteiger partial charge in [0.2, 0.25) is 11.8 Å². The maximum Gasteiger partial charge on any atom is 0.342 e. The number of amides is 2. The third-order valence-electron chi connectivity index (χ3n) is 4.63. The summed E-state index contributed by atoms with van der Waals surface area (Å²) in [4.78, 5) is 25.8. The fraction of sp³-hybridized carbons (Fsp3) is 0.389. The minimum absolute atomic E-state index is 0.0440. The summed E-state index contributed by atoms with van der Waals surface area (Å²) in [5.41, 5.74) is 2.73. The number of rotatable bonds is 5. The SMILES string of the molecule is CC1=NS(=O)(=O)NC(C)=C1CCC(=O)Nc1ccc(N2CCCC2=O)c(Cl)c1. The number of hydrogen-bond acceptors (Lipinski definition) is 4. The second-order valence-corrected chi connectivity index (χ2v) is 8.46. The predicted octanol–water partition coefficient (Wildman–Crippen LogP) is 2.77. The largest absolute Gasteiger partial charge is 0.342 e. The quantitative estimate of drug-likeness (QED) is 0.757. The highest BCUT2D eigenvalue weighted by atomic mass is 35.5. The Morgan fingerprint density at radius 2 is 2.11 bits per heavy atom. The number of nitrogens with one attached hydrogen (secondary N) is 2. The van der Waals surface area contributed by atoms with Crippen LogP contribution in [0.4, 0.5) is 11.4 Å². The number of halogens is 1. The van der Waals surface area contributed by atoms with Gasteiger partial charge in [0.25, 0.3) is 0 Å². The lowest BCUT2D eigenvalue weighted by Gasteiger charge is -2.19. The molecule has 1 aromatic rings. The molecule has 1 aromatic carbocycles. The molecule has 0 radical (unpaired) electrons. The van der Waals surface area contributed by atoms with Crippen molar-refractivity contribution in [3.05, 3.63) is 34.5 Å². The van der Waals surface area contributed by atoms with Gasteiger partial charge in [0.15, 0.2) is 0 Å². The molecule has 2 amide bonds. The molecule has 1 fully saturated rings. The number of hydrogen-bond donors (Lipinski definition) is 2. The van der Waals surface area contributed by atoms with Gasteiger partial charge in [0, 0.05) is 30.8 Å². The summed E-state index contributed by atoms with van der Waals surface area (Å²) in [6.07, 6.45) is 1.83. The van der Waals surface area contributed by atoms with E-state index in [2.05, 4.69) is 14.4 Å². The van der Waals surface area contributed by atoms with Gasteiger partial charge in [-0.15, -0.1) is 4.40 Å². The molecule has 0 unspecified atom stereocenters. The zero-order valence-electron chi connectivity index (χ0n) is 15.6.